The molecule has 4 amide bonds. The number of anilines is 3. The number of unbranched alkanes of at least 4 members (excludes halogenated alkanes) is 1. The number of nitrogens with zero attached hydrogens (tertiary/aromatic N) is 5. The molecule has 78 heavy (non-hydrogen) atoms. The van der Waals surface area contributed by atoms with Crippen molar-refractivity contribution in [3.8, 4) is 0 Å². The standard InChI is InChI=1S/C18H23BrN2O3.C18H22N2O3.C14H17BrN2O2.C5H13N.C3H6ClNO/c1-3-12(22)10-21-16-8-9-20(18(23)24-4-2)11-14(16)13-6-5-7-15(19)17(13)21;1-3-23-18(22)19-8-7-15-14(9-19)13-6-4-5-12-11(2)16(21)10-20(15)17(12)13;1-2-19-14(18)17-7-6-12-10(8-17)9-4-3-5-11(15)13(9)16-12;1-3-4-5-6-2;1-5-3(6)2-4/h5-7,14,16H,3-4,8-11H2,1-2H3;4-6,11,14-15H,3,7-10H2,1-2H3;3-5,10,12,16H,2,6-8H2,1H3;6H,3-5H2,1-2H3;2H2,1H3,(H,5,6)/t14-,16-;11?,14-,15-;10-,12-;;/m000../s1. The van der Waals surface area contributed by atoms with Crippen LogP contribution in [0.2, 0.25) is 0 Å². The molecule has 3 saturated heterocycles. The summed E-state index contributed by atoms with van der Waals surface area (Å²) >= 11 is 12.3. The fraction of sp³-hybridized carbons (Fsp3) is 0.586. The number of amides is 4. The van der Waals surface area contributed by atoms with E-state index in [0.29, 0.717) is 89.3 Å². The molecule has 7 heterocycles. The third kappa shape index (κ3) is 14.6. The van der Waals surface area contributed by atoms with Gasteiger partial charge in [-0.05, 0) is 126 Å². The van der Waals surface area contributed by atoms with Crippen molar-refractivity contribution < 1.29 is 43.0 Å². The van der Waals surface area contributed by atoms with Crippen LogP contribution in [0.15, 0.2) is 63.5 Å². The monoisotopic (exact) mass is 1230 g/mol. The van der Waals surface area contributed by atoms with Gasteiger partial charge in [0, 0.05) is 109 Å². The second-order valence-electron chi connectivity index (χ2n) is 20.3. The lowest BCUT2D eigenvalue weighted by molar-refractivity contribution is -0.119. The number of ether oxygens (including phenoxy) is 3. The highest BCUT2D eigenvalue weighted by atomic mass is 79.9. The number of hydrogen-bond donors (Lipinski definition) is 3. The van der Waals surface area contributed by atoms with Gasteiger partial charge in [-0.15, -0.1) is 11.6 Å². The summed E-state index contributed by atoms with van der Waals surface area (Å²) in [5.74, 6) is 1.29. The lowest BCUT2D eigenvalue weighted by Crippen LogP contribution is -2.50. The summed E-state index contributed by atoms with van der Waals surface area (Å²) in [5, 5.41) is 8.98. The molecule has 7 aliphatic rings. The number of nitrogens with one attached hydrogen (secondary N) is 3. The molecule has 0 radical (unpaired) electrons. The SMILES string of the molecule is CCCCNC.CCOC(=O)N1CC[C@@H]2Nc3c(Br)cccc3[C@@H]2C1.CCOC(=O)N1CC[C@H]2[C@@H](C1)c1cccc(Br)c1N2CC(=O)CC.CCOC(=O)N1CC[C@H]2[C@@H](C1)c1cccc3c1N2CC(=O)C3C.CNC(=O)CCl. The molecule has 0 saturated carbocycles. The van der Waals surface area contributed by atoms with Crippen LogP contribution in [-0.2, 0) is 28.6 Å². The van der Waals surface area contributed by atoms with E-state index >= 15 is 0 Å². The summed E-state index contributed by atoms with van der Waals surface area (Å²) in [6.07, 6.45) is 5.19. The van der Waals surface area contributed by atoms with E-state index in [1.54, 1.807) is 11.9 Å². The van der Waals surface area contributed by atoms with E-state index in [4.69, 9.17) is 25.8 Å². The number of alkyl halides is 1. The van der Waals surface area contributed by atoms with Crippen LogP contribution in [0.25, 0.3) is 0 Å². The largest absolute Gasteiger partial charge is 0.450 e. The molecular weight excluding hydrogens is 1150 g/mol. The van der Waals surface area contributed by atoms with Gasteiger partial charge in [0.1, 0.15) is 5.88 Å². The highest BCUT2D eigenvalue weighted by molar-refractivity contribution is 9.11. The number of likely N-dealkylation sites (tertiary alicyclic amines) is 3. The number of rotatable bonds is 10. The van der Waals surface area contributed by atoms with Crippen molar-refractivity contribution in [2.75, 3.05) is 114 Å². The first-order valence-corrected chi connectivity index (χ1v) is 29.9. The number of benzene rings is 3. The average molecular weight is 1230 g/mol. The van der Waals surface area contributed by atoms with Crippen molar-refractivity contribution in [3.05, 3.63) is 85.8 Å². The number of para-hydroxylation sites is 3. The van der Waals surface area contributed by atoms with Crippen LogP contribution in [0.1, 0.15) is 126 Å². The van der Waals surface area contributed by atoms with Crippen LogP contribution < -0.4 is 25.8 Å². The van der Waals surface area contributed by atoms with Gasteiger partial charge >= 0.3 is 18.3 Å². The predicted octanol–water partition coefficient (Wildman–Crippen LogP) is 10.2. The summed E-state index contributed by atoms with van der Waals surface area (Å²) < 4.78 is 17.5. The van der Waals surface area contributed by atoms with Gasteiger partial charge < -0.3 is 54.7 Å². The lowest BCUT2D eigenvalue weighted by Gasteiger charge is -2.39. The molecule has 7 atom stereocenters. The van der Waals surface area contributed by atoms with E-state index in [9.17, 15) is 28.8 Å². The van der Waals surface area contributed by atoms with Gasteiger partial charge in [0.2, 0.25) is 5.91 Å². The van der Waals surface area contributed by atoms with Gasteiger partial charge in [-0.1, -0.05) is 69.7 Å². The third-order valence-corrected chi connectivity index (χ3v) is 17.1. The second kappa shape index (κ2) is 29.9. The number of halogens is 3. The van der Waals surface area contributed by atoms with Crippen LogP contribution in [0.3, 0.4) is 0 Å². The summed E-state index contributed by atoms with van der Waals surface area (Å²) in [5.41, 5.74) is 8.50. The van der Waals surface area contributed by atoms with Gasteiger partial charge in [0.15, 0.2) is 11.6 Å². The maximum Gasteiger partial charge on any atom is 0.409 e. The fourth-order valence-electron chi connectivity index (χ4n) is 11.6. The molecular formula is C58H81Br2ClN8O9. The molecule has 428 valence electrons. The van der Waals surface area contributed by atoms with Crippen LogP contribution in [0.5, 0.6) is 0 Å². The van der Waals surface area contributed by atoms with Gasteiger partial charge in [-0.25, -0.2) is 14.4 Å². The Bertz CT molecular complexity index is 2550. The van der Waals surface area contributed by atoms with Crippen molar-refractivity contribution >= 4 is 96.3 Å². The molecule has 17 nitrogen and oxygen atoms in total. The molecule has 0 aromatic heterocycles. The maximum atomic E-state index is 12.4. The molecule has 1 unspecified atom stereocenters. The minimum Gasteiger partial charge on any atom is -0.450 e. The Morgan fingerprint density at radius 1 is 0.679 bits per heavy atom. The Morgan fingerprint density at radius 2 is 1.19 bits per heavy atom. The van der Waals surface area contributed by atoms with Crippen molar-refractivity contribution in [2.45, 2.75) is 122 Å². The third-order valence-electron chi connectivity index (χ3n) is 15.6. The highest BCUT2D eigenvalue weighted by Gasteiger charge is 2.48. The minimum atomic E-state index is -0.240. The summed E-state index contributed by atoms with van der Waals surface area (Å²) in [6, 6.07) is 19.7. The van der Waals surface area contributed by atoms with Gasteiger partial charge in [0.05, 0.1) is 44.3 Å². The minimum absolute atomic E-state index is 0.0255. The van der Waals surface area contributed by atoms with E-state index < -0.39 is 0 Å². The number of hydrogen-bond acceptors (Lipinski definition) is 13. The summed E-state index contributed by atoms with van der Waals surface area (Å²) in [7, 11) is 3.53. The van der Waals surface area contributed by atoms with Crippen LogP contribution >= 0.6 is 43.5 Å². The van der Waals surface area contributed by atoms with Crippen molar-refractivity contribution in [3.63, 3.8) is 0 Å². The zero-order valence-electron chi connectivity index (χ0n) is 46.7. The molecule has 0 aliphatic carbocycles. The number of ketones is 2. The molecule has 3 N–H and O–H groups in total. The molecule has 3 aromatic carbocycles. The fourth-order valence-corrected chi connectivity index (χ4v) is 12.9. The predicted molar refractivity (Wildman–Crippen MR) is 315 cm³/mol. The Balaban J connectivity index is 0.000000172. The highest BCUT2D eigenvalue weighted by Crippen LogP contribution is 2.51. The Morgan fingerprint density at radius 3 is 1.72 bits per heavy atom. The number of fused-ring (bicyclic) bond motifs is 9. The van der Waals surface area contributed by atoms with Crippen LogP contribution in [0, 0.1) is 0 Å². The zero-order valence-corrected chi connectivity index (χ0v) is 50.6. The molecule has 0 spiro atoms. The first-order valence-electron chi connectivity index (χ1n) is 27.8. The molecule has 7 aliphatic heterocycles. The van der Waals surface area contributed by atoms with Gasteiger partial charge in [-0.2, -0.15) is 0 Å². The van der Waals surface area contributed by atoms with Crippen LogP contribution in [0.4, 0.5) is 31.4 Å². The molecule has 3 aromatic rings. The second-order valence-corrected chi connectivity index (χ2v) is 22.2. The Hall–Kier alpha value is -5.11. The first kappa shape index (κ1) is 62.1. The molecule has 10 rings (SSSR count). The molecule has 3 fully saturated rings. The quantitative estimate of drug-likeness (QED) is 0.0992. The number of piperidine rings is 3. The van der Waals surface area contributed by atoms with Crippen molar-refractivity contribution in [1.29, 1.82) is 0 Å². The van der Waals surface area contributed by atoms with E-state index in [1.165, 1.54) is 40.9 Å². The summed E-state index contributed by atoms with van der Waals surface area (Å²) in [6.45, 7) is 19.1. The maximum absolute atomic E-state index is 12.4. The van der Waals surface area contributed by atoms with E-state index in [2.05, 4.69) is 94.9 Å². The topological polar surface area (TPSA) is 182 Å². The first-order chi connectivity index (χ1) is 37.6. The van der Waals surface area contributed by atoms with Crippen molar-refractivity contribution in [2.24, 2.45) is 0 Å². The Labute approximate surface area is 483 Å². The zero-order chi connectivity index (χ0) is 56.6. The van der Waals surface area contributed by atoms with Crippen LogP contribution in [-0.4, -0.2) is 167 Å². The van der Waals surface area contributed by atoms with Crippen molar-refractivity contribution in [1.82, 2.24) is 25.3 Å². The smallest absolute Gasteiger partial charge is 0.409 e. The van der Waals surface area contributed by atoms with E-state index in [-0.39, 0.29) is 59.6 Å². The molecule has 0 bridgehead atoms. The lowest BCUT2D eigenvalue weighted by atomic mass is 9.87. The number of Topliss-reactive ketones (excluding diaryl/α,β-unsaturated/α-hetero) is 2. The number of carbonyl (C=O) groups is 6. The average Bonchev–Trinajstić information content (AvgIpc) is 4.22. The Kier molecular flexibility index (Phi) is 23.8. The van der Waals surface area contributed by atoms with Gasteiger partial charge in [0.25, 0.3) is 0 Å². The van der Waals surface area contributed by atoms with E-state index in [1.807, 2.05) is 75.7 Å². The summed E-state index contributed by atoms with van der Waals surface area (Å²) in [4.78, 5) is 80.3. The molecule has 20 heteroatoms. The van der Waals surface area contributed by atoms with E-state index in [0.717, 1.165) is 59.1 Å². The van der Waals surface area contributed by atoms with Gasteiger partial charge in [-0.3, -0.25) is 14.4 Å². The normalized spacial score (nSPS) is 22.4. The number of carbonyl (C=O) groups excluding carboxylic acids is 6.